The Bertz CT molecular complexity index is 514. The fourth-order valence-corrected chi connectivity index (χ4v) is 2.38. The van der Waals surface area contributed by atoms with Crippen LogP contribution in [0.25, 0.3) is 0 Å². The standard InChI is InChI=1S/C14H15BrO3/c1-14(2,3)18-13(17)11-6-8-4-5-9(15)7-10(8)12(11)16/h4-5,7,11H,6H2,1-3H3. The Kier molecular flexibility index (Phi) is 3.32. The molecule has 0 heterocycles. The van der Waals surface area contributed by atoms with E-state index in [1.165, 1.54) is 0 Å². The number of ether oxygens (including phenoxy) is 1. The van der Waals surface area contributed by atoms with Gasteiger partial charge in [-0.1, -0.05) is 22.0 Å². The van der Waals surface area contributed by atoms with Crippen molar-refractivity contribution in [1.82, 2.24) is 0 Å². The highest BCUT2D eigenvalue weighted by atomic mass is 79.9. The summed E-state index contributed by atoms with van der Waals surface area (Å²) < 4.78 is 6.13. The van der Waals surface area contributed by atoms with E-state index >= 15 is 0 Å². The van der Waals surface area contributed by atoms with Gasteiger partial charge in [-0.15, -0.1) is 0 Å². The molecule has 0 saturated heterocycles. The Morgan fingerprint density at radius 3 is 2.67 bits per heavy atom. The van der Waals surface area contributed by atoms with Gasteiger partial charge in [0, 0.05) is 10.0 Å². The van der Waals surface area contributed by atoms with E-state index in [-0.39, 0.29) is 5.78 Å². The zero-order chi connectivity index (χ0) is 13.5. The molecule has 96 valence electrons. The number of rotatable bonds is 1. The molecule has 18 heavy (non-hydrogen) atoms. The predicted molar refractivity (Wildman–Crippen MR) is 71.5 cm³/mol. The van der Waals surface area contributed by atoms with Gasteiger partial charge in [0.1, 0.15) is 11.5 Å². The summed E-state index contributed by atoms with van der Waals surface area (Å²) in [7, 11) is 0. The number of halogens is 1. The molecule has 0 amide bonds. The van der Waals surface area contributed by atoms with Crippen LogP contribution in [0.1, 0.15) is 36.7 Å². The van der Waals surface area contributed by atoms with Crippen LogP contribution in [0.15, 0.2) is 22.7 Å². The summed E-state index contributed by atoms with van der Waals surface area (Å²) in [6, 6.07) is 5.52. The highest BCUT2D eigenvalue weighted by Crippen LogP contribution is 2.30. The molecule has 1 aliphatic rings. The van der Waals surface area contributed by atoms with Gasteiger partial charge in [-0.2, -0.15) is 0 Å². The van der Waals surface area contributed by atoms with Gasteiger partial charge in [0.15, 0.2) is 5.78 Å². The molecule has 0 saturated carbocycles. The summed E-state index contributed by atoms with van der Waals surface area (Å²) in [5.41, 5.74) is 0.978. The van der Waals surface area contributed by atoms with E-state index in [1.54, 1.807) is 26.8 Å². The molecule has 4 heteroatoms. The molecule has 1 unspecified atom stereocenters. The average Bonchev–Trinajstić information content (AvgIpc) is 2.54. The van der Waals surface area contributed by atoms with Crippen molar-refractivity contribution in [2.45, 2.75) is 32.8 Å². The Morgan fingerprint density at radius 1 is 1.39 bits per heavy atom. The lowest BCUT2D eigenvalue weighted by Gasteiger charge is -2.21. The third-order valence-corrected chi connectivity index (χ3v) is 3.26. The number of esters is 1. The molecule has 1 aromatic carbocycles. The topological polar surface area (TPSA) is 43.4 Å². The first kappa shape index (κ1) is 13.3. The van der Waals surface area contributed by atoms with Gasteiger partial charge in [-0.25, -0.2) is 0 Å². The van der Waals surface area contributed by atoms with Gasteiger partial charge in [-0.3, -0.25) is 9.59 Å². The van der Waals surface area contributed by atoms with Crippen LogP contribution >= 0.6 is 15.9 Å². The number of carbonyl (C=O) groups is 2. The Hall–Kier alpha value is -1.16. The van der Waals surface area contributed by atoms with Crippen molar-refractivity contribution in [3.8, 4) is 0 Å². The smallest absolute Gasteiger partial charge is 0.317 e. The van der Waals surface area contributed by atoms with Gasteiger partial charge >= 0.3 is 5.97 Å². The van der Waals surface area contributed by atoms with E-state index in [4.69, 9.17) is 4.74 Å². The van der Waals surface area contributed by atoms with Gasteiger partial charge in [0.2, 0.25) is 0 Å². The highest BCUT2D eigenvalue weighted by Gasteiger charge is 2.38. The lowest BCUT2D eigenvalue weighted by atomic mass is 10.1. The van der Waals surface area contributed by atoms with E-state index in [1.807, 2.05) is 12.1 Å². The molecule has 3 nitrogen and oxygen atoms in total. The largest absolute Gasteiger partial charge is 0.459 e. The zero-order valence-electron chi connectivity index (χ0n) is 10.6. The second-order valence-electron chi connectivity index (χ2n) is 5.46. The number of fused-ring (bicyclic) bond motifs is 1. The van der Waals surface area contributed by atoms with Crippen LogP contribution < -0.4 is 0 Å². The zero-order valence-corrected chi connectivity index (χ0v) is 12.2. The minimum absolute atomic E-state index is 0.138. The Morgan fingerprint density at radius 2 is 2.06 bits per heavy atom. The molecule has 0 radical (unpaired) electrons. The molecule has 1 aliphatic carbocycles. The van der Waals surface area contributed by atoms with Gasteiger partial charge in [0.25, 0.3) is 0 Å². The summed E-state index contributed by atoms with van der Waals surface area (Å²) in [6.45, 7) is 5.40. The minimum atomic E-state index is -0.687. The lowest BCUT2D eigenvalue weighted by Crippen LogP contribution is -2.31. The molecular weight excluding hydrogens is 296 g/mol. The summed E-state index contributed by atoms with van der Waals surface area (Å²) >= 11 is 3.33. The van der Waals surface area contributed by atoms with E-state index in [2.05, 4.69) is 15.9 Å². The predicted octanol–water partition coefficient (Wildman–Crippen LogP) is 3.15. The maximum absolute atomic E-state index is 12.2. The van der Waals surface area contributed by atoms with Crippen LogP contribution in [0.4, 0.5) is 0 Å². The van der Waals surface area contributed by atoms with E-state index < -0.39 is 17.5 Å². The van der Waals surface area contributed by atoms with E-state index in [0.29, 0.717) is 12.0 Å². The number of hydrogen-bond acceptors (Lipinski definition) is 3. The van der Waals surface area contributed by atoms with Crippen LogP contribution in [-0.4, -0.2) is 17.4 Å². The second kappa shape index (κ2) is 4.50. The Balaban J connectivity index is 2.21. The van der Waals surface area contributed by atoms with Crippen molar-refractivity contribution in [3.63, 3.8) is 0 Å². The molecule has 0 N–H and O–H groups in total. The van der Waals surface area contributed by atoms with Crippen molar-refractivity contribution in [2.24, 2.45) is 5.92 Å². The SMILES string of the molecule is CC(C)(C)OC(=O)C1Cc2ccc(Br)cc2C1=O. The normalized spacial score (nSPS) is 18.7. The number of benzene rings is 1. The number of carbonyl (C=O) groups excluding carboxylic acids is 2. The van der Waals surface area contributed by atoms with Crippen LogP contribution in [0.3, 0.4) is 0 Å². The van der Waals surface area contributed by atoms with Gasteiger partial charge in [0.05, 0.1) is 0 Å². The van der Waals surface area contributed by atoms with Crippen LogP contribution in [-0.2, 0) is 16.0 Å². The average molecular weight is 311 g/mol. The Labute approximate surface area is 115 Å². The maximum atomic E-state index is 12.2. The van der Waals surface area contributed by atoms with E-state index in [0.717, 1.165) is 10.0 Å². The van der Waals surface area contributed by atoms with Gasteiger partial charge < -0.3 is 4.74 Å². The fraction of sp³-hybridized carbons (Fsp3) is 0.429. The molecule has 0 bridgehead atoms. The molecule has 0 fully saturated rings. The third-order valence-electron chi connectivity index (χ3n) is 2.77. The first-order valence-electron chi connectivity index (χ1n) is 5.83. The van der Waals surface area contributed by atoms with Crippen LogP contribution in [0.2, 0.25) is 0 Å². The maximum Gasteiger partial charge on any atom is 0.317 e. The van der Waals surface area contributed by atoms with Crippen molar-refractivity contribution in [2.75, 3.05) is 0 Å². The molecule has 0 spiro atoms. The lowest BCUT2D eigenvalue weighted by molar-refractivity contribution is -0.157. The first-order chi connectivity index (χ1) is 8.28. The van der Waals surface area contributed by atoms with Crippen LogP contribution in [0.5, 0.6) is 0 Å². The molecule has 1 atom stereocenters. The van der Waals surface area contributed by atoms with Crippen molar-refractivity contribution in [1.29, 1.82) is 0 Å². The number of hydrogen-bond donors (Lipinski definition) is 0. The molecule has 2 rings (SSSR count). The molecular formula is C14H15BrO3. The second-order valence-corrected chi connectivity index (χ2v) is 6.37. The van der Waals surface area contributed by atoms with Crippen molar-refractivity contribution < 1.29 is 14.3 Å². The molecule has 1 aromatic rings. The number of Topliss-reactive ketones (excluding diaryl/α,β-unsaturated/α-hetero) is 1. The van der Waals surface area contributed by atoms with E-state index in [9.17, 15) is 9.59 Å². The molecule has 0 aromatic heterocycles. The summed E-state index contributed by atoms with van der Waals surface area (Å²) in [5, 5.41) is 0. The molecule has 0 aliphatic heterocycles. The highest BCUT2D eigenvalue weighted by molar-refractivity contribution is 9.10. The van der Waals surface area contributed by atoms with Gasteiger partial charge in [-0.05, 0) is 44.9 Å². The minimum Gasteiger partial charge on any atom is -0.459 e. The quantitative estimate of drug-likeness (QED) is 0.591. The number of ketones is 1. The van der Waals surface area contributed by atoms with Crippen molar-refractivity contribution in [3.05, 3.63) is 33.8 Å². The summed E-state index contributed by atoms with van der Waals surface area (Å²) in [6.07, 6.45) is 0.441. The van der Waals surface area contributed by atoms with Crippen molar-refractivity contribution >= 4 is 27.7 Å². The fourth-order valence-electron chi connectivity index (χ4n) is 2.02. The summed E-state index contributed by atoms with van der Waals surface area (Å²) in [5.74, 6) is -1.26. The first-order valence-corrected chi connectivity index (χ1v) is 6.63. The monoisotopic (exact) mass is 310 g/mol. The summed E-state index contributed by atoms with van der Waals surface area (Å²) in [4.78, 5) is 24.1. The van der Waals surface area contributed by atoms with Crippen LogP contribution in [0, 0.1) is 5.92 Å². The third kappa shape index (κ3) is 2.64.